The third-order valence-electron chi connectivity index (χ3n) is 6.26. The summed E-state index contributed by atoms with van der Waals surface area (Å²) >= 11 is 0. The fraction of sp³-hybridized carbons (Fsp3) is 0.696. The van der Waals surface area contributed by atoms with Crippen molar-refractivity contribution in [3.8, 4) is 0 Å². The van der Waals surface area contributed by atoms with E-state index in [9.17, 15) is 8.42 Å². The van der Waals surface area contributed by atoms with E-state index in [0.29, 0.717) is 19.6 Å². The van der Waals surface area contributed by atoms with Gasteiger partial charge in [0.1, 0.15) is 0 Å². The lowest BCUT2D eigenvalue weighted by Gasteiger charge is -2.39. The molecule has 1 aromatic rings. The Morgan fingerprint density at radius 1 is 1.19 bits per heavy atom. The number of aliphatic imine (C=N–C) groups is 1. The van der Waals surface area contributed by atoms with Gasteiger partial charge >= 0.3 is 0 Å². The summed E-state index contributed by atoms with van der Waals surface area (Å²) in [5.74, 6) is 1.77. The Balaban J connectivity index is 0.00000341. The molecule has 3 rings (SSSR count). The van der Waals surface area contributed by atoms with E-state index >= 15 is 0 Å². The Morgan fingerprint density at radius 3 is 2.48 bits per heavy atom. The molecular formula is C23H39IN4O2S. The molecule has 0 saturated carbocycles. The minimum atomic E-state index is -3.06. The largest absolute Gasteiger partial charge is 0.357 e. The first-order valence-corrected chi connectivity index (χ1v) is 12.9. The van der Waals surface area contributed by atoms with Gasteiger partial charge in [-0.05, 0) is 57.2 Å². The number of sulfone groups is 1. The van der Waals surface area contributed by atoms with E-state index in [-0.39, 0.29) is 29.7 Å². The van der Waals surface area contributed by atoms with Crippen molar-refractivity contribution in [3.63, 3.8) is 0 Å². The molecule has 1 unspecified atom stereocenters. The standard InChI is InChI=1S/C23H38N4O2S.HI/c1-5-24-22(27-13-14-30(28,29)23(3,4)18-27)25-15-20-8-10-21(11-9-20)17-26-12-6-7-19(2)16-26;/h8-11,19H,5-7,12-18H2,1-4H3,(H,24,25);1H. The number of nitrogens with zero attached hydrogens (tertiary/aromatic N) is 3. The highest BCUT2D eigenvalue weighted by Crippen LogP contribution is 2.24. The molecule has 0 spiro atoms. The van der Waals surface area contributed by atoms with E-state index < -0.39 is 14.6 Å². The van der Waals surface area contributed by atoms with Crippen molar-refractivity contribution in [2.75, 3.05) is 38.5 Å². The summed E-state index contributed by atoms with van der Waals surface area (Å²) in [6.45, 7) is 13.7. The zero-order valence-corrected chi connectivity index (χ0v) is 22.6. The number of rotatable bonds is 5. The van der Waals surface area contributed by atoms with Gasteiger partial charge in [0, 0.05) is 32.7 Å². The van der Waals surface area contributed by atoms with Crippen LogP contribution in [-0.2, 0) is 22.9 Å². The highest BCUT2D eigenvalue weighted by Gasteiger charge is 2.40. The van der Waals surface area contributed by atoms with Crippen molar-refractivity contribution in [1.29, 1.82) is 0 Å². The van der Waals surface area contributed by atoms with Crippen molar-refractivity contribution in [2.24, 2.45) is 10.9 Å². The Bertz CT molecular complexity index is 840. The molecular weight excluding hydrogens is 523 g/mol. The monoisotopic (exact) mass is 562 g/mol. The molecule has 0 amide bonds. The lowest BCUT2D eigenvalue weighted by molar-refractivity contribution is 0.176. The first-order chi connectivity index (χ1) is 14.2. The summed E-state index contributed by atoms with van der Waals surface area (Å²) in [5.41, 5.74) is 2.52. The number of hydrogen-bond donors (Lipinski definition) is 1. The van der Waals surface area contributed by atoms with E-state index in [1.165, 1.54) is 37.1 Å². The maximum Gasteiger partial charge on any atom is 0.194 e. The molecule has 2 heterocycles. The summed E-state index contributed by atoms with van der Waals surface area (Å²) in [7, 11) is -3.06. The molecule has 2 aliphatic rings. The fourth-order valence-electron chi connectivity index (χ4n) is 4.36. The maximum absolute atomic E-state index is 12.3. The van der Waals surface area contributed by atoms with Crippen molar-refractivity contribution >= 4 is 39.8 Å². The van der Waals surface area contributed by atoms with Crippen LogP contribution in [0.5, 0.6) is 0 Å². The van der Waals surface area contributed by atoms with Gasteiger partial charge in [0.05, 0.1) is 17.0 Å². The van der Waals surface area contributed by atoms with Crippen LogP contribution < -0.4 is 5.32 Å². The SMILES string of the molecule is CCNC(=NCc1ccc(CN2CCCC(C)C2)cc1)N1CCS(=O)(=O)C(C)(C)C1.I. The van der Waals surface area contributed by atoms with Gasteiger partial charge in [0.2, 0.25) is 0 Å². The number of benzene rings is 1. The number of hydrogen-bond acceptors (Lipinski definition) is 4. The second-order valence-electron chi connectivity index (χ2n) is 9.47. The van der Waals surface area contributed by atoms with Crippen LogP contribution in [0.4, 0.5) is 0 Å². The molecule has 1 N–H and O–H groups in total. The van der Waals surface area contributed by atoms with Gasteiger partial charge in [-0.25, -0.2) is 13.4 Å². The van der Waals surface area contributed by atoms with Crippen LogP contribution >= 0.6 is 24.0 Å². The zero-order chi connectivity index (χ0) is 21.8. The Hall–Kier alpha value is -0.870. The lowest BCUT2D eigenvalue weighted by Crippen LogP contribution is -2.57. The average molecular weight is 563 g/mol. The number of likely N-dealkylation sites (tertiary alicyclic amines) is 1. The van der Waals surface area contributed by atoms with Gasteiger partial charge in [-0.1, -0.05) is 31.2 Å². The fourth-order valence-corrected chi connectivity index (χ4v) is 5.72. The van der Waals surface area contributed by atoms with Crippen LogP contribution in [0.3, 0.4) is 0 Å². The molecule has 1 atom stereocenters. The normalized spacial score (nSPS) is 23.8. The van der Waals surface area contributed by atoms with Crippen molar-refractivity contribution < 1.29 is 8.42 Å². The second-order valence-corrected chi connectivity index (χ2v) is 12.2. The molecule has 1 aromatic carbocycles. The van der Waals surface area contributed by atoms with Crippen LogP contribution in [-0.4, -0.2) is 67.4 Å². The van der Waals surface area contributed by atoms with E-state index in [4.69, 9.17) is 4.99 Å². The highest BCUT2D eigenvalue weighted by molar-refractivity contribution is 14.0. The third kappa shape index (κ3) is 7.05. The molecule has 0 aliphatic carbocycles. The summed E-state index contributed by atoms with van der Waals surface area (Å²) in [6, 6.07) is 8.77. The lowest BCUT2D eigenvalue weighted by atomic mass is 9.99. The van der Waals surface area contributed by atoms with Crippen molar-refractivity contribution in [2.45, 2.75) is 58.4 Å². The molecule has 176 valence electrons. The van der Waals surface area contributed by atoms with Gasteiger partial charge in [-0.15, -0.1) is 24.0 Å². The summed E-state index contributed by atoms with van der Waals surface area (Å²) in [6.07, 6.45) is 2.65. The molecule has 31 heavy (non-hydrogen) atoms. The van der Waals surface area contributed by atoms with E-state index in [2.05, 4.69) is 46.3 Å². The predicted molar refractivity (Wildman–Crippen MR) is 140 cm³/mol. The molecule has 0 aromatic heterocycles. The van der Waals surface area contributed by atoms with Gasteiger partial charge in [0.25, 0.3) is 0 Å². The summed E-state index contributed by atoms with van der Waals surface area (Å²) < 4.78 is 23.9. The smallest absolute Gasteiger partial charge is 0.194 e. The maximum atomic E-state index is 12.3. The number of nitrogens with one attached hydrogen (secondary N) is 1. The molecule has 6 nitrogen and oxygen atoms in total. The van der Waals surface area contributed by atoms with Crippen LogP contribution in [0.15, 0.2) is 29.3 Å². The number of guanidine groups is 1. The second kappa shape index (κ2) is 11.3. The third-order valence-corrected chi connectivity index (χ3v) is 8.79. The van der Waals surface area contributed by atoms with E-state index in [1.807, 2.05) is 6.92 Å². The van der Waals surface area contributed by atoms with Crippen LogP contribution in [0.2, 0.25) is 0 Å². The first-order valence-electron chi connectivity index (χ1n) is 11.3. The molecule has 2 fully saturated rings. The van der Waals surface area contributed by atoms with Gasteiger partial charge in [-0.3, -0.25) is 4.90 Å². The topological polar surface area (TPSA) is 65.0 Å². The Labute approximate surface area is 205 Å². The zero-order valence-electron chi connectivity index (χ0n) is 19.4. The van der Waals surface area contributed by atoms with Gasteiger partial charge in [0.15, 0.2) is 15.8 Å². The first kappa shape index (κ1) is 26.4. The predicted octanol–water partition coefficient (Wildman–Crippen LogP) is 3.51. The molecule has 0 radical (unpaired) electrons. The Morgan fingerprint density at radius 2 is 1.87 bits per heavy atom. The molecule has 0 bridgehead atoms. The molecule has 2 saturated heterocycles. The van der Waals surface area contributed by atoms with Crippen LogP contribution in [0.25, 0.3) is 0 Å². The highest BCUT2D eigenvalue weighted by atomic mass is 127. The Kier molecular flexibility index (Phi) is 9.63. The average Bonchev–Trinajstić information content (AvgIpc) is 2.68. The van der Waals surface area contributed by atoms with Crippen LogP contribution in [0.1, 0.15) is 51.7 Å². The van der Waals surface area contributed by atoms with E-state index in [0.717, 1.165) is 25.0 Å². The van der Waals surface area contributed by atoms with Crippen LogP contribution in [0, 0.1) is 5.92 Å². The minimum Gasteiger partial charge on any atom is -0.357 e. The quantitative estimate of drug-likeness (QED) is 0.338. The summed E-state index contributed by atoms with van der Waals surface area (Å²) in [5, 5.41) is 3.33. The van der Waals surface area contributed by atoms with Gasteiger partial charge in [-0.2, -0.15) is 0 Å². The van der Waals surface area contributed by atoms with Crippen molar-refractivity contribution in [3.05, 3.63) is 35.4 Å². The number of piperidine rings is 1. The molecule has 8 heteroatoms. The van der Waals surface area contributed by atoms with Gasteiger partial charge < -0.3 is 10.2 Å². The summed E-state index contributed by atoms with van der Waals surface area (Å²) in [4.78, 5) is 9.43. The molecule has 2 aliphatic heterocycles. The van der Waals surface area contributed by atoms with E-state index in [1.54, 1.807) is 13.8 Å². The van der Waals surface area contributed by atoms with Crippen molar-refractivity contribution in [1.82, 2.24) is 15.1 Å². The number of halogens is 1. The minimum absolute atomic E-state index is 0.